The van der Waals surface area contributed by atoms with E-state index in [2.05, 4.69) is 39.5 Å². The standard InChI is InChI=1S/C25H29N5O2/c26-25(32)23(15-19-5-2-1-3-6-19)28-24(31)16-22-7-4-13-29(22)17-20-8-10-21(11-9-20)30-14-12-27-18-30/h1-3,5-6,8-12,14,18,22-23H,4,7,13,15-17H2,(H2,26,32)(H,28,31)/t22-,23-/m0/s1. The fourth-order valence-corrected chi connectivity index (χ4v) is 4.29. The fraction of sp³-hybridized carbons (Fsp3) is 0.320. The van der Waals surface area contributed by atoms with Crippen LogP contribution in [0.25, 0.3) is 5.69 Å². The molecule has 2 amide bonds. The number of nitrogens with one attached hydrogen (secondary N) is 1. The van der Waals surface area contributed by atoms with Gasteiger partial charge in [-0.3, -0.25) is 14.5 Å². The lowest BCUT2D eigenvalue weighted by molar-refractivity contribution is -0.128. The molecule has 1 fully saturated rings. The summed E-state index contributed by atoms with van der Waals surface area (Å²) < 4.78 is 1.97. The maximum Gasteiger partial charge on any atom is 0.240 e. The van der Waals surface area contributed by atoms with Crippen molar-refractivity contribution in [3.05, 3.63) is 84.4 Å². The van der Waals surface area contributed by atoms with Gasteiger partial charge in [-0.1, -0.05) is 42.5 Å². The second kappa shape index (κ2) is 10.2. The van der Waals surface area contributed by atoms with Gasteiger partial charge in [-0.15, -0.1) is 0 Å². The summed E-state index contributed by atoms with van der Waals surface area (Å²) in [5.74, 6) is -0.638. The van der Waals surface area contributed by atoms with Gasteiger partial charge in [0.25, 0.3) is 0 Å². The van der Waals surface area contributed by atoms with E-state index in [1.807, 2.05) is 41.1 Å². The highest BCUT2D eigenvalue weighted by molar-refractivity contribution is 5.87. The Labute approximate surface area is 188 Å². The first-order valence-electron chi connectivity index (χ1n) is 11.0. The molecule has 32 heavy (non-hydrogen) atoms. The zero-order valence-electron chi connectivity index (χ0n) is 18.1. The van der Waals surface area contributed by atoms with Crippen molar-refractivity contribution < 1.29 is 9.59 Å². The van der Waals surface area contributed by atoms with Crippen molar-refractivity contribution in [1.29, 1.82) is 0 Å². The third-order valence-electron chi connectivity index (χ3n) is 6.01. The molecular formula is C25H29N5O2. The highest BCUT2D eigenvalue weighted by atomic mass is 16.2. The topological polar surface area (TPSA) is 93.2 Å². The molecule has 2 heterocycles. The maximum atomic E-state index is 12.7. The van der Waals surface area contributed by atoms with E-state index in [-0.39, 0.29) is 11.9 Å². The van der Waals surface area contributed by atoms with Crippen molar-refractivity contribution >= 4 is 11.8 Å². The highest BCUT2D eigenvalue weighted by Crippen LogP contribution is 2.23. The van der Waals surface area contributed by atoms with Crippen LogP contribution in [-0.4, -0.2) is 44.9 Å². The molecule has 4 rings (SSSR count). The first kappa shape index (κ1) is 21.8. The molecular weight excluding hydrogens is 402 g/mol. The number of carbonyl (C=O) groups is 2. The molecule has 1 aromatic heterocycles. The van der Waals surface area contributed by atoms with Gasteiger partial charge in [0, 0.05) is 43.5 Å². The second-order valence-electron chi connectivity index (χ2n) is 8.32. The number of hydrogen-bond donors (Lipinski definition) is 2. The Kier molecular flexibility index (Phi) is 6.97. The summed E-state index contributed by atoms with van der Waals surface area (Å²) in [6.07, 6.45) is 8.26. The first-order chi connectivity index (χ1) is 15.6. The van der Waals surface area contributed by atoms with Gasteiger partial charge >= 0.3 is 0 Å². The second-order valence-corrected chi connectivity index (χ2v) is 8.32. The van der Waals surface area contributed by atoms with Crippen LogP contribution in [0.15, 0.2) is 73.3 Å². The van der Waals surface area contributed by atoms with Crippen LogP contribution in [0, 0.1) is 0 Å². The Balaban J connectivity index is 1.32. The van der Waals surface area contributed by atoms with Gasteiger partial charge in [0.15, 0.2) is 0 Å². The Bertz CT molecular complexity index is 1020. The predicted molar refractivity (Wildman–Crippen MR) is 123 cm³/mol. The summed E-state index contributed by atoms with van der Waals surface area (Å²) in [5.41, 5.74) is 8.80. The molecule has 2 aromatic carbocycles. The minimum atomic E-state index is -0.699. The van der Waals surface area contributed by atoms with E-state index in [1.54, 1.807) is 12.5 Å². The van der Waals surface area contributed by atoms with Crippen LogP contribution in [0.2, 0.25) is 0 Å². The minimum absolute atomic E-state index is 0.128. The van der Waals surface area contributed by atoms with Gasteiger partial charge in [-0.05, 0) is 42.6 Å². The monoisotopic (exact) mass is 431 g/mol. The molecule has 1 aliphatic rings. The van der Waals surface area contributed by atoms with Crippen LogP contribution >= 0.6 is 0 Å². The number of benzene rings is 2. The first-order valence-corrected chi connectivity index (χ1v) is 11.0. The Hall–Kier alpha value is -3.45. The fourth-order valence-electron chi connectivity index (χ4n) is 4.29. The molecule has 0 bridgehead atoms. The number of hydrogen-bond acceptors (Lipinski definition) is 4. The molecule has 0 unspecified atom stereocenters. The zero-order valence-corrected chi connectivity index (χ0v) is 18.1. The van der Waals surface area contributed by atoms with Crippen molar-refractivity contribution in [3.63, 3.8) is 0 Å². The van der Waals surface area contributed by atoms with Crippen LogP contribution < -0.4 is 11.1 Å². The molecule has 1 saturated heterocycles. The summed E-state index contributed by atoms with van der Waals surface area (Å²) >= 11 is 0. The summed E-state index contributed by atoms with van der Waals surface area (Å²) in [5, 5.41) is 2.85. The van der Waals surface area contributed by atoms with Crippen molar-refractivity contribution in [2.24, 2.45) is 5.73 Å². The molecule has 1 aliphatic heterocycles. The van der Waals surface area contributed by atoms with E-state index in [0.29, 0.717) is 12.8 Å². The minimum Gasteiger partial charge on any atom is -0.368 e. The van der Waals surface area contributed by atoms with Gasteiger partial charge < -0.3 is 15.6 Å². The maximum absolute atomic E-state index is 12.7. The van der Waals surface area contributed by atoms with Crippen LogP contribution in [-0.2, 0) is 22.6 Å². The van der Waals surface area contributed by atoms with Crippen LogP contribution in [0.5, 0.6) is 0 Å². The van der Waals surface area contributed by atoms with Crippen molar-refractivity contribution in [2.75, 3.05) is 6.54 Å². The number of nitrogens with two attached hydrogens (primary N) is 1. The average Bonchev–Trinajstić information content (AvgIpc) is 3.47. The molecule has 2 atom stereocenters. The number of likely N-dealkylation sites (tertiary alicyclic amines) is 1. The van der Waals surface area contributed by atoms with Crippen molar-refractivity contribution in [2.45, 2.75) is 44.3 Å². The smallest absolute Gasteiger partial charge is 0.240 e. The third-order valence-corrected chi connectivity index (χ3v) is 6.01. The Morgan fingerprint density at radius 3 is 2.56 bits per heavy atom. The Morgan fingerprint density at radius 1 is 1.09 bits per heavy atom. The van der Waals surface area contributed by atoms with Gasteiger partial charge in [0.1, 0.15) is 6.04 Å². The van der Waals surface area contributed by atoms with Crippen LogP contribution in [0.4, 0.5) is 0 Å². The molecule has 3 N–H and O–H groups in total. The molecule has 0 saturated carbocycles. The number of nitrogens with zero attached hydrogens (tertiary/aromatic N) is 3. The van der Waals surface area contributed by atoms with Crippen molar-refractivity contribution in [3.8, 4) is 5.69 Å². The Morgan fingerprint density at radius 2 is 1.88 bits per heavy atom. The molecule has 0 spiro atoms. The third kappa shape index (κ3) is 5.62. The van der Waals surface area contributed by atoms with Gasteiger partial charge in [-0.2, -0.15) is 0 Å². The summed E-state index contributed by atoms with van der Waals surface area (Å²) in [6.45, 7) is 1.76. The summed E-state index contributed by atoms with van der Waals surface area (Å²) in [4.78, 5) is 31.0. The van der Waals surface area contributed by atoms with E-state index in [1.165, 1.54) is 5.56 Å². The van der Waals surface area contributed by atoms with Crippen LogP contribution in [0.3, 0.4) is 0 Å². The molecule has 0 aliphatic carbocycles. The lowest BCUT2D eigenvalue weighted by atomic mass is 10.0. The van der Waals surface area contributed by atoms with E-state index in [0.717, 1.165) is 37.2 Å². The van der Waals surface area contributed by atoms with E-state index in [4.69, 9.17) is 5.73 Å². The summed E-state index contributed by atoms with van der Waals surface area (Å²) in [6, 6.07) is 17.5. The molecule has 0 radical (unpaired) electrons. The van der Waals surface area contributed by atoms with Crippen LogP contribution in [0.1, 0.15) is 30.4 Å². The predicted octanol–water partition coefficient (Wildman–Crippen LogP) is 2.44. The lowest BCUT2D eigenvalue weighted by Gasteiger charge is -2.25. The molecule has 3 aromatic rings. The van der Waals surface area contributed by atoms with Gasteiger partial charge in [-0.25, -0.2) is 4.98 Å². The molecule has 166 valence electrons. The SMILES string of the molecule is NC(=O)[C@H](Cc1ccccc1)NC(=O)C[C@@H]1CCCN1Cc1ccc(-n2ccnc2)cc1. The number of carbonyl (C=O) groups excluding carboxylic acids is 2. The van der Waals surface area contributed by atoms with E-state index >= 15 is 0 Å². The lowest BCUT2D eigenvalue weighted by Crippen LogP contribution is -2.47. The number of amides is 2. The molecule has 7 nitrogen and oxygen atoms in total. The number of aromatic nitrogens is 2. The average molecular weight is 432 g/mol. The van der Waals surface area contributed by atoms with E-state index < -0.39 is 11.9 Å². The highest BCUT2D eigenvalue weighted by Gasteiger charge is 2.28. The van der Waals surface area contributed by atoms with E-state index in [9.17, 15) is 9.59 Å². The quantitative estimate of drug-likeness (QED) is 0.544. The normalized spacial score (nSPS) is 17.2. The number of primary amides is 1. The van der Waals surface area contributed by atoms with Gasteiger partial charge in [0.05, 0.1) is 6.33 Å². The van der Waals surface area contributed by atoms with Crippen molar-refractivity contribution in [1.82, 2.24) is 19.8 Å². The zero-order chi connectivity index (χ0) is 22.3. The molecule has 7 heteroatoms. The summed E-state index contributed by atoms with van der Waals surface area (Å²) in [7, 11) is 0. The number of imidazole rings is 1. The largest absolute Gasteiger partial charge is 0.368 e. The van der Waals surface area contributed by atoms with Gasteiger partial charge in [0.2, 0.25) is 11.8 Å². The number of rotatable bonds is 9.